The quantitative estimate of drug-likeness (QED) is 0.705. The number of benzene rings is 1. The van der Waals surface area contributed by atoms with E-state index in [4.69, 9.17) is 4.74 Å². The summed E-state index contributed by atoms with van der Waals surface area (Å²) in [5.41, 5.74) is 2.71. The van der Waals surface area contributed by atoms with Crippen molar-refractivity contribution < 1.29 is 4.74 Å². The largest absolute Gasteiger partial charge is 0.493 e. The second-order valence-electron chi connectivity index (χ2n) is 4.47. The standard InChI is InChI=1S/C14H22N2O/c1-2-6-15-7-8-16-11-12-3-4-14-13(10-12)5-9-17-14/h3-4,10,15-16H,2,5-9,11H2,1H3. The maximum absolute atomic E-state index is 5.49. The van der Waals surface area contributed by atoms with E-state index in [1.165, 1.54) is 17.5 Å². The molecule has 17 heavy (non-hydrogen) atoms. The lowest BCUT2D eigenvalue weighted by Crippen LogP contribution is -2.27. The van der Waals surface area contributed by atoms with Crippen molar-refractivity contribution in [2.24, 2.45) is 0 Å². The topological polar surface area (TPSA) is 33.3 Å². The van der Waals surface area contributed by atoms with Crippen molar-refractivity contribution in [1.82, 2.24) is 10.6 Å². The summed E-state index contributed by atoms with van der Waals surface area (Å²) in [5, 5.41) is 6.83. The Balaban J connectivity index is 1.69. The van der Waals surface area contributed by atoms with Gasteiger partial charge in [-0.25, -0.2) is 0 Å². The van der Waals surface area contributed by atoms with Gasteiger partial charge in [0.2, 0.25) is 0 Å². The lowest BCUT2D eigenvalue weighted by atomic mass is 10.1. The fourth-order valence-electron chi connectivity index (χ4n) is 2.06. The van der Waals surface area contributed by atoms with E-state index in [0.29, 0.717) is 0 Å². The molecule has 0 aliphatic carbocycles. The average Bonchev–Trinajstić information content (AvgIpc) is 2.81. The molecule has 0 fully saturated rings. The predicted octanol–water partition coefficient (Wildman–Crippen LogP) is 1.71. The summed E-state index contributed by atoms with van der Waals surface area (Å²) >= 11 is 0. The van der Waals surface area contributed by atoms with Crippen LogP contribution in [0.15, 0.2) is 18.2 Å². The first-order chi connectivity index (χ1) is 8.40. The maximum Gasteiger partial charge on any atom is 0.122 e. The predicted molar refractivity (Wildman–Crippen MR) is 70.5 cm³/mol. The van der Waals surface area contributed by atoms with Gasteiger partial charge in [0.1, 0.15) is 5.75 Å². The highest BCUT2D eigenvalue weighted by molar-refractivity contribution is 5.39. The van der Waals surface area contributed by atoms with Gasteiger partial charge in [0.05, 0.1) is 6.61 Å². The van der Waals surface area contributed by atoms with Gasteiger partial charge in [-0.15, -0.1) is 0 Å². The second-order valence-corrected chi connectivity index (χ2v) is 4.47. The van der Waals surface area contributed by atoms with Gasteiger partial charge in [-0.05, 0) is 30.2 Å². The molecule has 0 aromatic heterocycles. The third-order valence-corrected chi connectivity index (χ3v) is 2.99. The summed E-state index contributed by atoms with van der Waals surface area (Å²) in [5.74, 6) is 1.07. The molecule has 0 radical (unpaired) electrons. The molecule has 94 valence electrons. The Morgan fingerprint density at radius 3 is 2.94 bits per heavy atom. The van der Waals surface area contributed by atoms with Crippen LogP contribution in [-0.4, -0.2) is 26.2 Å². The Morgan fingerprint density at radius 2 is 2.06 bits per heavy atom. The van der Waals surface area contributed by atoms with E-state index in [9.17, 15) is 0 Å². The zero-order chi connectivity index (χ0) is 11.9. The summed E-state index contributed by atoms with van der Waals surface area (Å²) < 4.78 is 5.49. The molecular formula is C14H22N2O. The summed E-state index contributed by atoms with van der Waals surface area (Å²) in [7, 11) is 0. The van der Waals surface area contributed by atoms with Gasteiger partial charge in [-0.3, -0.25) is 0 Å². The van der Waals surface area contributed by atoms with Crippen molar-refractivity contribution in [2.45, 2.75) is 26.3 Å². The molecule has 0 atom stereocenters. The molecule has 3 heteroatoms. The van der Waals surface area contributed by atoms with Crippen LogP contribution in [0.4, 0.5) is 0 Å². The Bertz CT molecular complexity index is 352. The van der Waals surface area contributed by atoms with Gasteiger partial charge in [0.25, 0.3) is 0 Å². The van der Waals surface area contributed by atoms with E-state index in [0.717, 1.165) is 45.0 Å². The second kappa shape index (κ2) is 6.62. The molecule has 2 N–H and O–H groups in total. The van der Waals surface area contributed by atoms with E-state index >= 15 is 0 Å². The highest BCUT2D eigenvalue weighted by Gasteiger charge is 2.11. The Hall–Kier alpha value is -1.06. The van der Waals surface area contributed by atoms with Crippen LogP contribution in [-0.2, 0) is 13.0 Å². The number of hydrogen-bond donors (Lipinski definition) is 2. The summed E-state index contributed by atoms with van der Waals surface area (Å²) in [6.07, 6.45) is 2.26. The maximum atomic E-state index is 5.49. The Morgan fingerprint density at radius 1 is 1.18 bits per heavy atom. The zero-order valence-corrected chi connectivity index (χ0v) is 10.6. The van der Waals surface area contributed by atoms with E-state index in [-0.39, 0.29) is 0 Å². The van der Waals surface area contributed by atoms with E-state index in [1.807, 2.05) is 0 Å². The lowest BCUT2D eigenvalue weighted by molar-refractivity contribution is 0.357. The molecule has 1 aromatic rings. The minimum atomic E-state index is 0.840. The van der Waals surface area contributed by atoms with Crippen molar-refractivity contribution in [3.8, 4) is 5.75 Å². The summed E-state index contributed by atoms with van der Waals surface area (Å²) in [6, 6.07) is 6.50. The third kappa shape index (κ3) is 3.72. The van der Waals surface area contributed by atoms with Crippen LogP contribution in [0.1, 0.15) is 24.5 Å². The average molecular weight is 234 g/mol. The van der Waals surface area contributed by atoms with Gasteiger partial charge in [-0.1, -0.05) is 19.1 Å². The normalized spacial score (nSPS) is 13.5. The molecule has 0 amide bonds. The molecule has 1 aliphatic rings. The van der Waals surface area contributed by atoms with Crippen molar-refractivity contribution >= 4 is 0 Å². The van der Waals surface area contributed by atoms with Crippen LogP contribution >= 0.6 is 0 Å². The molecule has 3 nitrogen and oxygen atoms in total. The molecular weight excluding hydrogens is 212 g/mol. The number of hydrogen-bond acceptors (Lipinski definition) is 3. The van der Waals surface area contributed by atoms with E-state index in [2.05, 4.69) is 35.8 Å². The fourth-order valence-corrected chi connectivity index (χ4v) is 2.06. The SMILES string of the molecule is CCCNCCNCc1ccc2c(c1)CCO2. The first-order valence-electron chi connectivity index (χ1n) is 6.56. The number of fused-ring (bicyclic) bond motifs is 1. The molecule has 1 aliphatic heterocycles. The molecule has 2 rings (SSSR count). The van der Waals surface area contributed by atoms with Gasteiger partial charge in [0.15, 0.2) is 0 Å². The van der Waals surface area contributed by atoms with Crippen molar-refractivity contribution in [3.63, 3.8) is 0 Å². The molecule has 0 spiro atoms. The minimum Gasteiger partial charge on any atom is -0.493 e. The highest BCUT2D eigenvalue weighted by Crippen LogP contribution is 2.25. The van der Waals surface area contributed by atoms with E-state index < -0.39 is 0 Å². The molecule has 1 heterocycles. The number of nitrogens with one attached hydrogen (secondary N) is 2. The smallest absolute Gasteiger partial charge is 0.122 e. The molecule has 1 aromatic carbocycles. The Labute approximate surface area is 104 Å². The number of rotatable bonds is 7. The van der Waals surface area contributed by atoms with Crippen LogP contribution in [0.3, 0.4) is 0 Å². The first kappa shape index (κ1) is 12.4. The molecule has 0 unspecified atom stereocenters. The minimum absolute atomic E-state index is 0.840. The monoisotopic (exact) mass is 234 g/mol. The molecule has 0 saturated heterocycles. The van der Waals surface area contributed by atoms with E-state index in [1.54, 1.807) is 0 Å². The molecule has 0 saturated carbocycles. The van der Waals surface area contributed by atoms with Crippen LogP contribution in [0.2, 0.25) is 0 Å². The van der Waals surface area contributed by atoms with Crippen molar-refractivity contribution in [3.05, 3.63) is 29.3 Å². The molecule has 0 bridgehead atoms. The van der Waals surface area contributed by atoms with Gasteiger partial charge in [-0.2, -0.15) is 0 Å². The van der Waals surface area contributed by atoms with Crippen molar-refractivity contribution in [2.75, 3.05) is 26.2 Å². The van der Waals surface area contributed by atoms with Crippen LogP contribution in [0.5, 0.6) is 5.75 Å². The van der Waals surface area contributed by atoms with Crippen LogP contribution < -0.4 is 15.4 Å². The van der Waals surface area contributed by atoms with Crippen molar-refractivity contribution in [1.29, 1.82) is 0 Å². The highest BCUT2D eigenvalue weighted by atomic mass is 16.5. The van der Waals surface area contributed by atoms with Gasteiger partial charge >= 0.3 is 0 Å². The lowest BCUT2D eigenvalue weighted by Gasteiger charge is -2.07. The summed E-state index contributed by atoms with van der Waals surface area (Å²) in [6.45, 7) is 7.15. The van der Waals surface area contributed by atoms with Gasteiger partial charge < -0.3 is 15.4 Å². The fraction of sp³-hybridized carbons (Fsp3) is 0.571. The van der Waals surface area contributed by atoms with Crippen LogP contribution in [0.25, 0.3) is 0 Å². The Kier molecular flexibility index (Phi) is 4.83. The van der Waals surface area contributed by atoms with Gasteiger partial charge in [0, 0.05) is 26.1 Å². The zero-order valence-electron chi connectivity index (χ0n) is 10.6. The summed E-state index contributed by atoms with van der Waals surface area (Å²) in [4.78, 5) is 0. The third-order valence-electron chi connectivity index (χ3n) is 2.99. The number of ether oxygens (including phenoxy) is 1. The van der Waals surface area contributed by atoms with Crippen LogP contribution in [0, 0.1) is 0 Å². The first-order valence-corrected chi connectivity index (χ1v) is 6.56.